The zero-order chi connectivity index (χ0) is 68.5. The molecule has 0 heterocycles. The van der Waals surface area contributed by atoms with Gasteiger partial charge in [-0.15, -0.1) is 0 Å². The van der Waals surface area contributed by atoms with Crippen molar-refractivity contribution < 1.29 is 78.3 Å². The Morgan fingerprint density at radius 2 is 0.620 bits per heavy atom. The number of phenolic OH excluding ortho intramolecular Hbond substituents is 6. The Morgan fingerprint density at radius 1 is 0.283 bits per heavy atom. The van der Waals surface area contributed by atoms with Crippen LogP contribution in [0.2, 0.25) is 0 Å². The molecule has 9 aromatic rings. The van der Waals surface area contributed by atoms with Crippen LogP contribution in [0.5, 0.6) is 63.2 Å². The van der Waals surface area contributed by atoms with Gasteiger partial charge in [0.25, 0.3) is 0 Å². The molecule has 0 radical (unpaired) electrons. The summed E-state index contributed by atoms with van der Waals surface area (Å²) in [6.45, 7) is 28.2. The first-order chi connectivity index (χ1) is 43.1. The number of esters is 5. The Balaban J connectivity index is 0.000000209. The molecule has 0 aliphatic carbocycles. The number of aromatic hydroxyl groups is 6. The quantitative estimate of drug-likeness (QED) is 0.0317. The lowest BCUT2D eigenvalue weighted by Gasteiger charge is -2.20. The SMILES string of the molecule is CCC(C)(C)C(=O)Oc1ccc(O)c(O)c1.CCC(C)(C)C(=O)Oc1ccc(O)c2ccccc12.CCC(C)(C)C(=O)Oc1ccc2c(O)cccc2c1.CCC(C)(C)C(=O)Oc1ccc2cc(O)ccc2c1.CCC(C)(C)C(=O)Oc1cccc2c(O)cccc12. The first-order valence-electron chi connectivity index (χ1n) is 30.6. The number of hydrogen-bond donors (Lipinski definition) is 6. The average Bonchev–Trinajstić information content (AvgIpc) is 0.853. The lowest BCUT2D eigenvalue weighted by Crippen LogP contribution is -2.28. The summed E-state index contributed by atoms with van der Waals surface area (Å²) in [5.74, 6) is 1.16. The number of phenols is 6. The van der Waals surface area contributed by atoms with E-state index in [1.165, 1.54) is 18.2 Å². The number of hydrogen-bond acceptors (Lipinski definition) is 16. The van der Waals surface area contributed by atoms with Crippen molar-refractivity contribution in [3.8, 4) is 63.2 Å². The van der Waals surface area contributed by atoms with Gasteiger partial charge in [0.1, 0.15) is 51.7 Å². The zero-order valence-electron chi connectivity index (χ0n) is 55.4. The third kappa shape index (κ3) is 19.3. The van der Waals surface area contributed by atoms with Gasteiger partial charge < -0.3 is 54.3 Å². The average molecular weight is 1260 g/mol. The Labute approximate surface area is 538 Å². The predicted octanol–water partition coefficient (Wildman–Crippen LogP) is 18.0. The van der Waals surface area contributed by atoms with Gasteiger partial charge in [0.15, 0.2) is 11.5 Å². The van der Waals surface area contributed by atoms with Gasteiger partial charge in [-0.1, -0.05) is 107 Å². The fourth-order valence-electron chi connectivity index (χ4n) is 7.78. The van der Waals surface area contributed by atoms with Crippen molar-refractivity contribution >= 4 is 72.9 Å². The molecule has 6 N–H and O–H groups in total. The zero-order valence-corrected chi connectivity index (χ0v) is 55.4. The number of rotatable bonds is 15. The molecule has 0 saturated heterocycles. The third-order valence-corrected chi connectivity index (χ3v) is 16.5. The van der Waals surface area contributed by atoms with E-state index < -0.39 is 27.1 Å². The summed E-state index contributed by atoms with van der Waals surface area (Å²) in [7, 11) is 0. The number of ether oxygens (including phenoxy) is 5. The first-order valence-corrected chi connectivity index (χ1v) is 30.6. The molecule has 16 nitrogen and oxygen atoms in total. The molecule has 0 aliphatic heterocycles. The lowest BCUT2D eigenvalue weighted by atomic mass is 9.90. The number of benzene rings is 9. The minimum Gasteiger partial charge on any atom is -0.508 e. The lowest BCUT2D eigenvalue weighted by molar-refractivity contribution is -0.144. The fraction of sp³-hybridized carbons (Fsp3) is 0.329. The summed E-state index contributed by atoms with van der Waals surface area (Å²) in [5, 5.41) is 63.3. The summed E-state index contributed by atoms with van der Waals surface area (Å²) >= 11 is 0. The Bertz CT molecular complexity index is 4000. The fourth-order valence-corrected chi connectivity index (χ4v) is 7.78. The van der Waals surface area contributed by atoms with Crippen LogP contribution in [0.3, 0.4) is 0 Å². The molecular formula is C76H88O16. The van der Waals surface area contributed by atoms with E-state index in [9.17, 15) is 49.5 Å². The molecule has 488 valence electrons. The molecule has 0 spiro atoms. The van der Waals surface area contributed by atoms with Crippen molar-refractivity contribution in [3.63, 3.8) is 0 Å². The maximum atomic E-state index is 12.1. The second-order valence-corrected chi connectivity index (χ2v) is 25.4. The van der Waals surface area contributed by atoms with E-state index in [1.807, 2.05) is 126 Å². The van der Waals surface area contributed by atoms with Crippen LogP contribution in [-0.2, 0) is 24.0 Å². The van der Waals surface area contributed by atoms with Gasteiger partial charge >= 0.3 is 29.8 Å². The predicted molar refractivity (Wildman–Crippen MR) is 361 cm³/mol. The van der Waals surface area contributed by atoms with Crippen LogP contribution in [0.1, 0.15) is 136 Å². The molecule has 92 heavy (non-hydrogen) atoms. The van der Waals surface area contributed by atoms with Gasteiger partial charge in [0, 0.05) is 33.0 Å². The van der Waals surface area contributed by atoms with Crippen molar-refractivity contribution in [1.82, 2.24) is 0 Å². The molecule has 0 aromatic heterocycles. The molecular weight excluding hydrogens is 1170 g/mol. The molecule has 0 atom stereocenters. The summed E-state index contributed by atoms with van der Waals surface area (Å²) in [4.78, 5) is 59.9. The normalized spacial score (nSPS) is 11.5. The van der Waals surface area contributed by atoms with Crippen molar-refractivity contribution in [1.29, 1.82) is 0 Å². The van der Waals surface area contributed by atoms with Crippen LogP contribution in [0.4, 0.5) is 0 Å². The standard InChI is InChI=1S/4C16H18O3.C12H16O4/c1-4-16(2,3)15(18)19-14-10-6-7-11-12(14)8-5-9-13(11)17;1-4-16(2,3)15(18)19-14-8-6-11-9-13(17)7-5-12(11)10-14;1-4-16(2,3)15(18)19-12-8-9-13-11(10-12)6-5-7-14(13)17;1-4-16(2,3)15(18)19-14-10-9-13(17)11-7-5-6-8-12(11)14;1-4-12(2,3)11(15)16-8-5-6-9(13)10(14)7-8/h4*5-10,17H,4H2,1-3H3;5-7,13-14H,4H2,1-3H3. The topological polar surface area (TPSA) is 253 Å². The third-order valence-electron chi connectivity index (χ3n) is 16.5. The highest BCUT2D eigenvalue weighted by molar-refractivity contribution is 5.96. The molecule has 0 aliphatic rings. The smallest absolute Gasteiger partial charge is 0.316 e. The maximum absolute atomic E-state index is 12.1. The van der Waals surface area contributed by atoms with Gasteiger partial charge in [0.2, 0.25) is 0 Å². The van der Waals surface area contributed by atoms with Crippen LogP contribution < -0.4 is 23.7 Å². The summed E-state index contributed by atoms with van der Waals surface area (Å²) in [5.41, 5.74) is -2.57. The summed E-state index contributed by atoms with van der Waals surface area (Å²) in [6, 6.07) is 45.8. The molecule has 0 bridgehead atoms. The Morgan fingerprint density at radius 3 is 1.11 bits per heavy atom. The number of carbonyl (C=O) groups is 5. The van der Waals surface area contributed by atoms with Gasteiger partial charge in [-0.25, -0.2) is 0 Å². The van der Waals surface area contributed by atoms with Crippen molar-refractivity contribution in [2.45, 2.75) is 136 Å². The van der Waals surface area contributed by atoms with E-state index >= 15 is 0 Å². The summed E-state index contributed by atoms with van der Waals surface area (Å²) in [6.07, 6.45) is 3.53. The van der Waals surface area contributed by atoms with Gasteiger partial charge in [0.05, 0.1) is 27.1 Å². The van der Waals surface area contributed by atoms with Crippen LogP contribution in [0.25, 0.3) is 43.1 Å². The monoisotopic (exact) mass is 1260 g/mol. The molecule has 0 saturated carbocycles. The highest BCUT2D eigenvalue weighted by Crippen LogP contribution is 2.37. The molecule has 0 unspecified atom stereocenters. The van der Waals surface area contributed by atoms with E-state index in [0.717, 1.165) is 45.2 Å². The molecule has 0 amide bonds. The second-order valence-electron chi connectivity index (χ2n) is 25.4. The Kier molecular flexibility index (Phi) is 24.8. The Hall–Kier alpha value is -9.83. The maximum Gasteiger partial charge on any atom is 0.316 e. The van der Waals surface area contributed by atoms with Crippen molar-refractivity contribution in [2.75, 3.05) is 0 Å². The number of fused-ring (bicyclic) bond motifs is 4. The minimum absolute atomic E-state index is 0.185. The molecule has 16 heteroatoms. The van der Waals surface area contributed by atoms with Crippen molar-refractivity contribution in [3.05, 3.63) is 164 Å². The van der Waals surface area contributed by atoms with E-state index in [2.05, 4.69) is 0 Å². The molecule has 9 rings (SSSR count). The highest BCUT2D eigenvalue weighted by Gasteiger charge is 2.32. The summed E-state index contributed by atoms with van der Waals surface area (Å²) < 4.78 is 26.9. The van der Waals surface area contributed by atoms with E-state index in [4.69, 9.17) is 28.8 Å². The van der Waals surface area contributed by atoms with Crippen molar-refractivity contribution in [2.24, 2.45) is 27.1 Å². The van der Waals surface area contributed by atoms with Gasteiger partial charge in [-0.3, -0.25) is 24.0 Å². The largest absolute Gasteiger partial charge is 0.508 e. The van der Waals surface area contributed by atoms with Gasteiger partial charge in [-0.2, -0.15) is 0 Å². The highest BCUT2D eigenvalue weighted by atomic mass is 16.6. The minimum atomic E-state index is -0.562. The van der Waals surface area contributed by atoms with E-state index in [1.54, 1.807) is 123 Å². The molecule has 0 fully saturated rings. The van der Waals surface area contributed by atoms with Crippen LogP contribution >= 0.6 is 0 Å². The second kappa shape index (κ2) is 31.3. The first kappa shape index (κ1) is 72.9. The van der Waals surface area contributed by atoms with Gasteiger partial charge in [-0.05, 0) is 202 Å². The van der Waals surface area contributed by atoms with Crippen LogP contribution in [0, 0.1) is 27.1 Å². The van der Waals surface area contributed by atoms with E-state index in [0.29, 0.717) is 53.0 Å². The van der Waals surface area contributed by atoms with Crippen LogP contribution in [-0.4, -0.2) is 60.5 Å². The van der Waals surface area contributed by atoms with Crippen LogP contribution in [0.15, 0.2) is 164 Å². The molecule has 9 aromatic carbocycles. The number of carbonyl (C=O) groups excluding carboxylic acids is 5. The van der Waals surface area contributed by atoms with E-state index in [-0.39, 0.29) is 70.1 Å².